The summed E-state index contributed by atoms with van der Waals surface area (Å²) in [5.41, 5.74) is 1.61. The molecule has 2 aromatic carbocycles. The number of halogens is 3. The van der Waals surface area contributed by atoms with Crippen LogP contribution in [0.5, 0.6) is 0 Å². The zero-order chi connectivity index (χ0) is 16.6. The Hall–Kier alpha value is -0.730. The maximum atomic E-state index is 13.2. The fourth-order valence-corrected chi connectivity index (χ4v) is 7.82. The van der Waals surface area contributed by atoms with Crippen LogP contribution < -0.4 is 6.55 Å². The van der Waals surface area contributed by atoms with Crippen LogP contribution >= 0.6 is 42.3 Å². The van der Waals surface area contributed by atoms with Crippen molar-refractivity contribution < 1.29 is 11.6 Å². The summed E-state index contributed by atoms with van der Waals surface area (Å²) in [5, 5.41) is 10.2. The number of anilines is 1. The Morgan fingerprint density at radius 1 is 1.22 bits per heavy atom. The van der Waals surface area contributed by atoms with Gasteiger partial charge in [-0.1, -0.05) is 0 Å². The average molecular weight is 467 g/mol. The number of benzene rings is 2. The van der Waals surface area contributed by atoms with Crippen LogP contribution in [0, 0.1) is 3.57 Å². The summed E-state index contributed by atoms with van der Waals surface area (Å²) in [5.74, 6) is 0. The predicted octanol–water partition coefficient (Wildman–Crippen LogP) is 3.55. The molecule has 0 bridgehead atoms. The van der Waals surface area contributed by atoms with Gasteiger partial charge >= 0.3 is 150 Å². The number of nitrogens with zero attached hydrogens (tertiary/aromatic N) is 1. The first kappa shape index (κ1) is 17.1. The molecule has 124 valence electrons. The van der Waals surface area contributed by atoms with Gasteiger partial charge in [0.25, 0.3) is 0 Å². The van der Waals surface area contributed by atoms with E-state index in [2.05, 4.69) is 0 Å². The van der Waals surface area contributed by atoms with Crippen molar-refractivity contribution in [1.29, 1.82) is 0 Å². The second-order valence-corrected chi connectivity index (χ2v) is 10.9. The van der Waals surface area contributed by atoms with Gasteiger partial charge in [-0.05, 0) is 0 Å². The van der Waals surface area contributed by atoms with Gasteiger partial charge in [0.1, 0.15) is 0 Å². The monoisotopic (exact) mass is 466 g/mol. The topological polar surface area (TPSA) is 63.6 Å². The van der Waals surface area contributed by atoms with Gasteiger partial charge in [0.15, 0.2) is 0 Å². The van der Waals surface area contributed by atoms with E-state index in [1.807, 2.05) is 12.1 Å². The number of para-hydroxylation sites is 1. The van der Waals surface area contributed by atoms with E-state index in [9.17, 15) is 11.6 Å². The summed E-state index contributed by atoms with van der Waals surface area (Å²) in [4.78, 5) is 0. The fraction of sp³-hybridized carbons (Fsp3) is 0.250. The summed E-state index contributed by atoms with van der Waals surface area (Å²) >= 11 is 6.81. The second kappa shape index (κ2) is 6.64. The molecule has 2 atom stereocenters. The number of hydrogen-bond donors (Lipinski definition) is 1. The molecule has 1 aliphatic heterocycles. The summed E-state index contributed by atoms with van der Waals surface area (Å²) in [6.07, 6.45) is 1.33. The molecule has 0 saturated heterocycles. The van der Waals surface area contributed by atoms with Crippen molar-refractivity contribution in [1.82, 2.24) is 0 Å². The second-order valence-electron chi connectivity index (χ2n) is 5.31. The van der Waals surface area contributed by atoms with Crippen LogP contribution in [0.15, 0.2) is 42.5 Å². The summed E-state index contributed by atoms with van der Waals surface area (Å²) < 4.78 is 27.9. The van der Waals surface area contributed by atoms with Crippen LogP contribution in [0.2, 0.25) is 10.0 Å². The third-order valence-corrected chi connectivity index (χ3v) is 9.56. The molecular weight excluding hydrogens is 452 g/mol. The van der Waals surface area contributed by atoms with Crippen molar-refractivity contribution in [2.24, 2.45) is 0 Å². The van der Waals surface area contributed by atoms with Crippen LogP contribution in [-0.4, -0.2) is 17.8 Å². The van der Waals surface area contributed by atoms with Crippen molar-refractivity contribution in [2.75, 3.05) is 9.72 Å². The average Bonchev–Trinajstić information content (AvgIpc) is 2.56. The molecule has 1 N–H and O–H groups in total. The zero-order valence-electron chi connectivity index (χ0n) is 12.1. The van der Waals surface area contributed by atoms with Crippen LogP contribution in [0.3, 0.4) is 0 Å². The molecule has 23 heavy (non-hydrogen) atoms. The summed E-state index contributed by atoms with van der Waals surface area (Å²) in [6, 6.07) is 11.3. The van der Waals surface area contributed by atoms with Gasteiger partial charge in [-0.15, -0.1) is 0 Å². The van der Waals surface area contributed by atoms with Crippen LogP contribution in [0.25, 0.3) is 0 Å². The Bertz CT molecular complexity index is 784. The molecule has 1 aliphatic rings. The minimum absolute atomic E-state index is 0.154. The molecule has 7 heteroatoms. The van der Waals surface area contributed by atoms with Gasteiger partial charge in [-0.2, -0.15) is 0 Å². The van der Waals surface area contributed by atoms with Crippen LogP contribution in [0.1, 0.15) is 12.0 Å². The first-order chi connectivity index (χ1) is 10.9. The first-order valence-corrected chi connectivity index (χ1v) is 11.6. The SMILES string of the molecule is O=I([O-])(c1ccc(Cl)c(Cl)c1)N1c2ccccc2CCC1CO. The number of rotatable bonds is 3. The Morgan fingerprint density at radius 2 is 1.96 bits per heavy atom. The Kier molecular flexibility index (Phi) is 4.94. The van der Waals surface area contributed by atoms with E-state index in [4.69, 9.17) is 23.2 Å². The molecule has 4 nitrogen and oxygen atoms in total. The van der Waals surface area contributed by atoms with Gasteiger partial charge in [-0.3, -0.25) is 0 Å². The Balaban J connectivity index is 2.13. The Morgan fingerprint density at radius 3 is 2.65 bits per heavy atom. The van der Waals surface area contributed by atoms with Gasteiger partial charge in [0.05, 0.1) is 0 Å². The van der Waals surface area contributed by atoms with Crippen molar-refractivity contribution >= 4 is 48.0 Å². The molecule has 2 unspecified atom stereocenters. The molecule has 3 rings (SSSR count). The molecule has 2 aromatic rings. The molecule has 1 heterocycles. The van der Waals surface area contributed by atoms with E-state index in [1.54, 1.807) is 12.1 Å². The number of fused-ring (bicyclic) bond motifs is 1. The normalized spacial score (nSPS) is 21.4. The van der Waals surface area contributed by atoms with Crippen molar-refractivity contribution in [3.8, 4) is 0 Å². The molecule has 0 amide bonds. The van der Waals surface area contributed by atoms with E-state index < -0.39 is 25.2 Å². The van der Waals surface area contributed by atoms with E-state index in [0.717, 1.165) is 12.0 Å². The van der Waals surface area contributed by atoms with Crippen molar-refractivity contribution in [3.05, 3.63) is 61.6 Å². The molecular formula is C16H15Cl2INO3-. The van der Waals surface area contributed by atoms with Crippen LogP contribution in [-0.2, 0) is 9.49 Å². The quantitative estimate of drug-likeness (QED) is 0.426. The van der Waals surface area contributed by atoms with E-state index in [0.29, 0.717) is 17.1 Å². The first-order valence-electron chi connectivity index (χ1n) is 7.08. The van der Waals surface area contributed by atoms with E-state index in [-0.39, 0.29) is 15.2 Å². The fourth-order valence-electron chi connectivity index (χ4n) is 2.75. The number of hydrogen-bond acceptors (Lipinski definition) is 3. The van der Waals surface area contributed by atoms with Gasteiger partial charge in [-0.25, -0.2) is 0 Å². The molecule has 0 saturated carbocycles. The zero-order valence-corrected chi connectivity index (χ0v) is 15.8. The molecule has 0 spiro atoms. The Labute approximate surface area is 149 Å². The third kappa shape index (κ3) is 3.13. The van der Waals surface area contributed by atoms with Crippen molar-refractivity contribution in [2.45, 2.75) is 18.9 Å². The minimum atomic E-state index is -5.05. The van der Waals surface area contributed by atoms with E-state index in [1.165, 1.54) is 21.3 Å². The van der Waals surface area contributed by atoms with Crippen molar-refractivity contribution in [3.63, 3.8) is 0 Å². The van der Waals surface area contributed by atoms with Gasteiger partial charge in [0, 0.05) is 0 Å². The van der Waals surface area contributed by atoms with Crippen LogP contribution in [0.4, 0.5) is 5.69 Å². The number of aliphatic hydroxyl groups excluding tert-OH is 1. The number of aryl methyl sites for hydroxylation is 1. The molecule has 0 radical (unpaired) electrons. The summed E-state index contributed by atoms with van der Waals surface area (Å²) in [7, 11) is 0. The summed E-state index contributed by atoms with van der Waals surface area (Å²) in [6.45, 7) is -0.217. The number of aliphatic hydroxyl groups is 1. The standard InChI is InChI=1S/C16H16Cl2INO3/c17-14-8-6-12(9-15(14)18)19(22,23)20-13(10-21)7-5-11-3-1-2-4-16(11)20/h1-4,6,8-9,13,21H,5,7,10H2,(H,22,23)/p-1. The van der Waals surface area contributed by atoms with Gasteiger partial charge in [0.2, 0.25) is 0 Å². The maximum absolute atomic E-state index is 13.2. The molecule has 0 fully saturated rings. The molecule has 0 aromatic heterocycles. The van der Waals surface area contributed by atoms with Gasteiger partial charge < -0.3 is 0 Å². The third-order valence-electron chi connectivity index (χ3n) is 3.90. The molecule has 0 aliphatic carbocycles. The van der Waals surface area contributed by atoms with E-state index >= 15 is 0 Å². The predicted molar refractivity (Wildman–Crippen MR) is 98.0 cm³/mol.